The lowest BCUT2D eigenvalue weighted by Gasteiger charge is -2.17. The van der Waals surface area contributed by atoms with Crippen LogP contribution in [-0.2, 0) is 32.6 Å². The van der Waals surface area contributed by atoms with Crippen molar-refractivity contribution < 1.29 is 18.0 Å². The van der Waals surface area contributed by atoms with Crippen molar-refractivity contribution in [3.8, 4) is 0 Å². The summed E-state index contributed by atoms with van der Waals surface area (Å²) in [5.74, 6) is -0.722. The van der Waals surface area contributed by atoms with E-state index in [0.29, 0.717) is 12.1 Å². The summed E-state index contributed by atoms with van der Waals surface area (Å²) in [4.78, 5) is 26.9. The van der Waals surface area contributed by atoms with Gasteiger partial charge in [-0.15, -0.1) is 0 Å². The van der Waals surface area contributed by atoms with Gasteiger partial charge in [-0.3, -0.25) is 9.59 Å². The molecule has 1 aliphatic heterocycles. The van der Waals surface area contributed by atoms with Crippen molar-refractivity contribution in [2.24, 2.45) is 5.92 Å². The molecule has 1 fully saturated rings. The second kappa shape index (κ2) is 9.62. The number of anilines is 1. The van der Waals surface area contributed by atoms with Gasteiger partial charge in [0.25, 0.3) is 0 Å². The highest BCUT2D eigenvalue weighted by Crippen LogP contribution is 2.25. The van der Waals surface area contributed by atoms with E-state index in [1.54, 1.807) is 36.9 Å². The molecule has 0 radical (unpaired) electrons. The van der Waals surface area contributed by atoms with Gasteiger partial charge in [0.05, 0.1) is 10.8 Å². The predicted octanol–water partition coefficient (Wildman–Crippen LogP) is 2.61. The van der Waals surface area contributed by atoms with Gasteiger partial charge in [0.2, 0.25) is 21.8 Å². The number of aryl methyl sites for hydroxylation is 1. The Balaban J connectivity index is 1.61. The lowest BCUT2D eigenvalue weighted by Crippen LogP contribution is -2.33. The van der Waals surface area contributed by atoms with Crippen molar-refractivity contribution in [3.05, 3.63) is 59.7 Å². The average molecular weight is 444 g/mol. The fourth-order valence-electron chi connectivity index (χ4n) is 3.58. The lowest BCUT2D eigenvalue weighted by molar-refractivity contribution is -0.126. The maximum Gasteiger partial charge on any atom is 0.240 e. The number of nitrogens with one attached hydrogen (secondary N) is 2. The zero-order valence-electron chi connectivity index (χ0n) is 18.1. The topological polar surface area (TPSA) is 95.6 Å². The summed E-state index contributed by atoms with van der Waals surface area (Å²) in [6, 6.07) is 14.1. The van der Waals surface area contributed by atoms with E-state index in [2.05, 4.69) is 17.0 Å². The van der Waals surface area contributed by atoms with Crippen molar-refractivity contribution in [2.45, 2.75) is 51.1 Å². The number of hydrogen-bond acceptors (Lipinski definition) is 4. The third kappa shape index (κ3) is 5.71. The summed E-state index contributed by atoms with van der Waals surface area (Å²) < 4.78 is 27.2. The van der Waals surface area contributed by atoms with Crippen molar-refractivity contribution in [1.29, 1.82) is 0 Å². The van der Waals surface area contributed by atoms with Crippen LogP contribution < -0.4 is 14.9 Å². The monoisotopic (exact) mass is 443 g/mol. The van der Waals surface area contributed by atoms with Crippen molar-refractivity contribution >= 4 is 27.5 Å². The van der Waals surface area contributed by atoms with E-state index in [4.69, 9.17) is 0 Å². The van der Waals surface area contributed by atoms with Crippen LogP contribution in [0.5, 0.6) is 0 Å². The third-order valence-corrected chi connectivity index (χ3v) is 6.87. The molecule has 1 unspecified atom stereocenters. The van der Waals surface area contributed by atoms with Crippen molar-refractivity contribution in [1.82, 2.24) is 10.0 Å². The van der Waals surface area contributed by atoms with Gasteiger partial charge in [-0.05, 0) is 55.7 Å². The Hall–Kier alpha value is -2.71. The quantitative estimate of drug-likeness (QED) is 0.656. The third-order valence-electron chi connectivity index (χ3n) is 5.22. The Morgan fingerprint density at radius 3 is 2.48 bits per heavy atom. The number of amides is 2. The van der Waals surface area contributed by atoms with Gasteiger partial charge in [0, 0.05) is 31.2 Å². The zero-order chi connectivity index (χ0) is 22.6. The number of carbonyl (C=O) groups excluding carboxylic acids is 2. The Kier molecular flexibility index (Phi) is 7.12. The van der Waals surface area contributed by atoms with Gasteiger partial charge in [-0.25, -0.2) is 13.1 Å². The molecule has 0 saturated carbocycles. The largest absolute Gasteiger partial charge is 0.352 e. The second-order valence-corrected chi connectivity index (χ2v) is 9.78. The van der Waals surface area contributed by atoms with Gasteiger partial charge in [-0.1, -0.05) is 31.2 Å². The summed E-state index contributed by atoms with van der Waals surface area (Å²) in [5.41, 5.74) is 2.67. The van der Waals surface area contributed by atoms with Crippen molar-refractivity contribution in [2.75, 3.05) is 11.4 Å². The molecular formula is C23H29N3O4S. The fourth-order valence-corrected chi connectivity index (χ4v) is 4.90. The molecule has 3 rings (SSSR count). The maximum absolute atomic E-state index is 12.6. The first-order valence-corrected chi connectivity index (χ1v) is 12.0. The smallest absolute Gasteiger partial charge is 0.240 e. The van der Waals surface area contributed by atoms with E-state index in [-0.39, 0.29) is 35.7 Å². The highest BCUT2D eigenvalue weighted by Gasteiger charge is 2.35. The van der Waals surface area contributed by atoms with E-state index in [9.17, 15) is 18.0 Å². The number of benzene rings is 2. The molecule has 1 saturated heterocycles. The van der Waals surface area contributed by atoms with Crippen molar-refractivity contribution in [3.63, 3.8) is 0 Å². The van der Waals surface area contributed by atoms with Gasteiger partial charge in [-0.2, -0.15) is 0 Å². The van der Waals surface area contributed by atoms with E-state index in [1.807, 2.05) is 24.3 Å². The Morgan fingerprint density at radius 1 is 1.13 bits per heavy atom. The van der Waals surface area contributed by atoms with E-state index in [0.717, 1.165) is 12.1 Å². The van der Waals surface area contributed by atoms with Crippen LogP contribution in [0.3, 0.4) is 0 Å². The van der Waals surface area contributed by atoms with Crippen LogP contribution in [0.4, 0.5) is 5.69 Å². The van der Waals surface area contributed by atoms with Crippen LogP contribution in [-0.4, -0.2) is 32.8 Å². The van der Waals surface area contributed by atoms with Crippen LogP contribution in [0.15, 0.2) is 53.4 Å². The van der Waals surface area contributed by atoms with E-state index < -0.39 is 15.9 Å². The minimum atomic E-state index is -3.60. The SMILES string of the molecule is CCc1ccc(N2CC(C(=O)NCc3cccc(S(=O)(=O)NC(C)C)c3)CC2=O)cc1. The fraction of sp³-hybridized carbons (Fsp3) is 0.391. The van der Waals surface area contributed by atoms with E-state index in [1.165, 1.54) is 11.6 Å². The summed E-state index contributed by atoms with van der Waals surface area (Å²) in [7, 11) is -3.60. The molecule has 0 aromatic heterocycles. The van der Waals surface area contributed by atoms with Crippen LogP contribution in [0.25, 0.3) is 0 Å². The highest BCUT2D eigenvalue weighted by atomic mass is 32.2. The molecule has 2 amide bonds. The molecule has 2 aromatic carbocycles. The Labute approximate surface area is 183 Å². The first kappa shape index (κ1) is 23.0. The van der Waals surface area contributed by atoms with Gasteiger partial charge in [0.15, 0.2) is 0 Å². The Morgan fingerprint density at radius 2 is 1.84 bits per heavy atom. The summed E-state index contributed by atoms with van der Waals surface area (Å²) in [6.07, 6.45) is 1.09. The molecule has 1 aliphatic rings. The minimum Gasteiger partial charge on any atom is -0.352 e. The summed E-state index contributed by atoms with van der Waals surface area (Å²) in [6.45, 7) is 6.11. The van der Waals surface area contributed by atoms with Crippen LogP contribution >= 0.6 is 0 Å². The molecule has 0 bridgehead atoms. The Bertz CT molecular complexity index is 1050. The van der Waals surface area contributed by atoms with Crippen LogP contribution in [0, 0.1) is 5.92 Å². The lowest BCUT2D eigenvalue weighted by atomic mass is 10.1. The number of carbonyl (C=O) groups is 2. The van der Waals surface area contributed by atoms with Crippen LogP contribution in [0.2, 0.25) is 0 Å². The molecule has 0 aliphatic carbocycles. The number of nitrogens with zero attached hydrogens (tertiary/aromatic N) is 1. The minimum absolute atomic E-state index is 0.0720. The van der Waals surface area contributed by atoms with Gasteiger partial charge < -0.3 is 10.2 Å². The molecule has 166 valence electrons. The maximum atomic E-state index is 12.6. The molecular weight excluding hydrogens is 414 g/mol. The predicted molar refractivity (Wildman–Crippen MR) is 120 cm³/mol. The number of sulfonamides is 1. The first-order chi connectivity index (χ1) is 14.7. The molecule has 2 N–H and O–H groups in total. The second-order valence-electron chi connectivity index (χ2n) is 8.07. The molecule has 2 aromatic rings. The van der Waals surface area contributed by atoms with Gasteiger partial charge >= 0.3 is 0 Å². The first-order valence-electron chi connectivity index (χ1n) is 10.5. The van der Waals surface area contributed by atoms with Gasteiger partial charge in [0.1, 0.15) is 0 Å². The molecule has 7 nitrogen and oxygen atoms in total. The molecule has 1 atom stereocenters. The normalized spacial score (nSPS) is 16.7. The number of hydrogen-bond donors (Lipinski definition) is 2. The molecule has 8 heteroatoms. The molecule has 0 spiro atoms. The average Bonchev–Trinajstić information content (AvgIpc) is 3.13. The molecule has 1 heterocycles. The van der Waals surface area contributed by atoms with Crippen LogP contribution in [0.1, 0.15) is 38.3 Å². The summed E-state index contributed by atoms with van der Waals surface area (Å²) in [5, 5.41) is 2.84. The zero-order valence-corrected chi connectivity index (χ0v) is 18.9. The standard InChI is InChI=1S/C23H29N3O4S/c1-4-17-8-10-20(11-9-17)26-15-19(13-22(26)27)23(28)24-14-18-6-5-7-21(12-18)31(29,30)25-16(2)3/h5-12,16,19,25H,4,13-15H2,1-3H3,(H,24,28). The highest BCUT2D eigenvalue weighted by molar-refractivity contribution is 7.89. The number of rotatable bonds is 8. The molecule has 31 heavy (non-hydrogen) atoms. The van der Waals surface area contributed by atoms with E-state index >= 15 is 0 Å². The summed E-state index contributed by atoms with van der Waals surface area (Å²) >= 11 is 0.